The monoisotopic (exact) mass is 336 g/mol. The maximum absolute atomic E-state index is 11.7. The number of rotatable bonds is 4. The summed E-state index contributed by atoms with van der Waals surface area (Å²) in [6.45, 7) is 5.84. The highest BCUT2D eigenvalue weighted by Crippen LogP contribution is 2.33. The van der Waals surface area contributed by atoms with Crippen LogP contribution in [0.25, 0.3) is 0 Å². The minimum absolute atomic E-state index is 0.130. The standard InChI is InChI=1S/C10H10Br2OS/c1-3-6(2)4-8(13)7-5-9(11)14-10(7)12/h5H,2-4H2,1H3. The number of hydrogen-bond acceptors (Lipinski definition) is 2. The van der Waals surface area contributed by atoms with Gasteiger partial charge in [0.2, 0.25) is 0 Å². The molecule has 4 heteroatoms. The Bertz CT molecular complexity index is 368. The first-order chi connectivity index (χ1) is 6.54. The van der Waals surface area contributed by atoms with Gasteiger partial charge in [0, 0.05) is 12.0 Å². The largest absolute Gasteiger partial charge is 0.294 e. The lowest BCUT2D eigenvalue weighted by Crippen LogP contribution is -1.98. The van der Waals surface area contributed by atoms with Gasteiger partial charge < -0.3 is 0 Å². The molecule has 0 aliphatic rings. The average Bonchev–Trinajstić information content (AvgIpc) is 2.45. The highest BCUT2D eigenvalue weighted by molar-refractivity contribution is 9.12. The molecule has 1 aromatic rings. The summed E-state index contributed by atoms with van der Waals surface area (Å²) in [6.07, 6.45) is 1.30. The fourth-order valence-corrected chi connectivity index (χ4v) is 3.83. The minimum Gasteiger partial charge on any atom is -0.294 e. The van der Waals surface area contributed by atoms with E-state index in [1.54, 1.807) is 0 Å². The van der Waals surface area contributed by atoms with E-state index in [4.69, 9.17) is 0 Å². The van der Waals surface area contributed by atoms with Gasteiger partial charge in [0.05, 0.1) is 7.57 Å². The first-order valence-electron chi connectivity index (χ1n) is 4.19. The summed E-state index contributed by atoms with van der Waals surface area (Å²) in [6, 6.07) is 1.85. The van der Waals surface area contributed by atoms with Crippen LogP contribution in [0.5, 0.6) is 0 Å². The summed E-state index contributed by atoms with van der Waals surface area (Å²) < 4.78 is 1.85. The van der Waals surface area contributed by atoms with Gasteiger partial charge in [-0.1, -0.05) is 19.1 Å². The molecule has 76 valence electrons. The SMILES string of the molecule is C=C(CC)CC(=O)c1cc(Br)sc1Br. The zero-order valence-corrected chi connectivity index (χ0v) is 11.8. The minimum atomic E-state index is 0.130. The van der Waals surface area contributed by atoms with Crippen LogP contribution in [0.15, 0.2) is 25.8 Å². The number of thiophene rings is 1. The molecule has 0 fully saturated rings. The molecular weight excluding hydrogens is 328 g/mol. The smallest absolute Gasteiger partial charge is 0.168 e. The fourth-order valence-electron chi connectivity index (χ4n) is 0.978. The van der Waals surface area contributed by atoms with Crippen molar-refractivity contribution in [3.05, 3.63) is 31.4 Å². The van der Waals surface area contributed by atoms with Gasteiger partial charge in [0.15, 0.2) is 5.78 Å². The molecule has 0 saturated heterocycles. The molecule has 0 atom stereocenters. The number of Topliss-reactive ketones (excluding diaryl/α,β-unsaturated/α-hetero) is 1. The molecule has 1 rings (SSSR count). The Morgan fingerprint density at radius 1 is 1.57 bits per heavy atom. The summed E-state index contributed by atoms with van der Waals surface area (Å²) in [5, 5.41) is 0. The first-order valence-corrected chi connectivity index (χ1v) is 6.59. The van der Waals surface area contributed by atoms with Gasteiger partial charge in [-0.05, 0) is 44.3 Å². The number of carbonyl (C=O) groups is 1. The van der Waals surface area contributed by atoms with Crippen molar-refractivity contribution in [3.63, 3.8) is 0 Å². The third-order valence-corrected chi connectivity index (χ3v) is 4.21. The van der Waals surface area contributed by atoms with Crippen molar-refractivity contribution < 1.29 is 4.79 Å². The quantitative estimate of drug-likeness (QED) is 0.569. The molecule has 1 nitrogen and oxygen atoms in total. The lowest BCUT2D eigenvalue weighted by molar-refractivity contribution is 0.0992. The molecule has 14 heavy (non-hydrogen) atoms. The van der Waals surface area contributed by atoms with Crippen LogP contribution in [-0.2, 0) is 0 Å². The molecule has 0 aliphatic heterocycles. The Morgan fingerprint density at radius 2 is 2.21 bits per heavy atom. The van der Waals surface area contributed by atoms with Crippen molar-refractivity contribution in [1.29, 1.82) is 0 Å². The molecule has 1 aromatic heterocycles. The summed E-state index contributed by atoms with van der Waals surface area (Å²) in [5.41, 5.74) is 1.72. The zero-order chi connectivity index (χ0) is 10.7. The Labute approximate surface area is 104 Å². The zero-order valence-electron chi connectivity index (χ0n) is 7.77. The van der Waals surface area contributed by atoms with Crippen LogP contribution < -0.4 is 0 Å². The Balaban J connectivity index is 2.79. The average molecular weight is 338 g/mol. The first kappa shape index (κ1) is 12.1. The number of hydrogen-bond donors (Lipinski definition) is 0. The second kappa shape index (κ2) is 5.24. The second-order valence-electron chi connectivity index (χ2n) is 2.94. The van der Waals surface area contributed by atoms with Gasteiger partial charge in [-0.3, -0.25) is 4.79 Å². The number of allylic oxidation sites excluding steroid dienone is 1. The van der Waals surface area contributed by atoms with Gasteiger partial charge in [-0.2, -0.15) is 0 Å². The molecule has 0 radical (unpaired) electrons. The Morgan fingerprint density at radius 3 is 2.64 bits per heavy atom. The molecule has 0 bridgehead atoms. The van der Waals surface area contributed by atoms with Crippen LogP contribution in [0, 0.1) is 0 Å². The van der Waals surface area contributed by atoms with E-state index < -0.39 is 0 Å². The lowest BCUT2D eigenvalue weighted by atomic mass is 10.1. The molecular formula is C10H10Br2OS. The van der Waals surface area contributed by atoms with E-state index >= 15 is 0 Å². The van der Waals surface area contributed by atoms with Crippen LogP contribution in [0.4, 0.5) is 0 Å². The maximum atomic E-state index is 11.7. The predicted molar refractivity (Wildman–Crippen MR) is 68.1 cm³/mol. The maximum Gasteiger partial charge on any atom is 0.168 e. The highest BCUT2D eigenvalue weighted by atomic mass is 79.9. The molecule has 0 aromatic carbocycles. The van der Waals surface area contributed by atoms with Crippen LogP contribution in [0.3, 0.4) is 0 Å². The molecule has 0 unspecified atom stereocenters. The summed E-state index contributed by atoms with van der Waals surface area (Å²) >= 11 is 8.23. The number of halogens is 2. The van der Waals surface area contributed by atoms with E-state index in [2.05, 4.69) is 38.4 Å². The van der Waals surface area contributed by atoms with Gasteiger partial charge in [0.1, 0.15) is 0 Å². The molecule has 0 aliphatic carbocycles. The van der Waals surface area contributed by atoms with Gasteiger partial charge in [-0.15, -0.1) is 11.3 Å². The second-order valence-corrected chi connectivity index (χ2v) is 6.69. The van der Waals surface area contributed by atoms with Crippen molar-refractivity contribution in [2.24, 2.45) is 0 Å². The van der Waals surface area contributed by atoms with Crippen molar-refractivity contribution >= 4 is 49.0 Å². The Hall–Kier alpha value is 0.0700. The summed E-state index contributed by atoms with van der Waals surface area (Å²) in [7, 11) is 0. The Kier molecular flexibility index (Phi) is 4.54. The van der Waals surface area contributed by atoms with E-state index in [1.807, 2.05) is 13.0 Å². The molecule has 1 heterocycles. The van der Waals surface area contributed by atoms with E-state index in [0.717, 1.165) is 25.1 Å². The third kappa shape index (κ3) is 3.04. The van der Waals surface area contributed by atoms with E-state index in [9.17, 15) is 4.79 Å². The highest BCUT2D eigenvalue weighted by Gasteiger charge is 2.13. The van der Waals surface area contributed by atoms with Crippen LogP contribution >= 0.6 is 43.2 Å². The van der Waals surface area contributed by atoms with Gasteiger partial charge >= 0.3 is 0 Å². The fraction of sp³-hybridized carbons (Fsp3) is 0.300. The molecule has 0 spiro atoms. The topological polar surface area (TPSA) is 17.1 Å². The van der Waals surface area contributed by atoms with Crippen LogP contribution in [0.1, 0.15) is 30.1 Å². The van der Waals surface area contributed by atoms with Gasteiger partial charge in [-0.25, -0.2) is 0 Å². The van der Waals surface area contributed by atoms with E-state index in [-0.39, 0.29) is 5.78 Å². The predicted octanol–water partition coefficient (Wildman–Crippen LogP) is 4.81. The van der Waals surface area contributed by atoms with Crippen molar-refractivity contribution in [2.45, 2.75) is 19.8 Å². The van der Waals surface area contributed by atoms with E-state index in [0.29, 0.717) is 6.42 Å². The lowest BCUT2D eigenvalue weighted by Gasteiger charge is -2.00. The van der Waals surface area contributed by atoms with Crippen molar-refractivity contribution in [3.8, 4) is 0 Å². The van der Waals surface area contributed by atoms with Crippen LogP contribution in [0.2, 0.25) is 0 Å². The van der Waals surface area contributed by atoms with E-state index in [1.165, 1.54) is 11.3 Å². The molecule has 0 N–H and O–H groups in total. The summed E-state index contributed by atoms with van der Waals surface area (Å²) in [5.74, 6) is 0.130. The molecule has 0 amide bonds. The normalized spacial score (nSPS) is 10.2. The van der Waals surface area contributed by atoms with Crippen molar-refractivity contribution in [1.82, 2.24) is 0 Å². The van der Waals surface area contributed by atoms with Gasteiger partial charge in [0.25, 0.3) is 0 Å². The van der Waals surface area contributed by atoms with Crippen LogP contribution in [-0.4, -0.2) is 5.78 Å². The third-order valence-electron chi connectivity index (χ3n) is 1.87. The number of carbonyl (C=O) groups excluding carboxylic acids is 1. The van der Waals surface area contributed by atoms with Crippen molar-refractivity contribution in [2.75, 3.05) is 0 Å². The molecule has 0 saturated carbocycles. The number of ketones is 1. The summed E-state index contributed by atoms with van der Waals surface area (Å²) in [4.78, 5) is 11.7.